The highest BCUT2D eigenvalue weighted by Crippen LogP contribution is 2.10. The molecule has 7 heteroatoms. The lowest BCUT2D eigenvalue weighted by atomic mass is 10.3. The maximum absolute atomic E-state index is 11.5. The van der Waals surface area contributed by atoms with E-state index in [0.717, 1.165) is 6.04 Å². The number of amides is 2. The van der Waals surface area contributed by atoms with Crippen LogP contribution in [-0.2, 0) is 4.74 Å². The molecule has 0 saturated carbocycles. The molecule has 0 aliphatic carbocycles. The fourth-order valence-corrected chi connectivity index (χ4v) is 2.42. The standard InChI is InChI=1S/C11H22N2O4Si/c1-18(2,3)7-6-17-10(14)12-9-4-5-13(8-9)11(15)16/h9H,4-8H2,1-3H3,(H,12,14)(H,15,16). The molecule has 1 fully saturated rings. The largest absolute Gasteiger partial charge is 0.465 e. The maximum Gasteiger partial charge on any atom is 0.407 e. The number of likely N-dealkylation sites (tertiary alicyclic amines) is 1. The zero-order chi connectivity index (χ0) is 13.8. The van der Waals surface area contributed by atoms with E-state index in [0.29, 0.717) is 26.1 Å². The van der Waals surface area contributed by atoms with Crippen molar-refractivity contribution in [2.45, 2.75) is 38.1 Å². The van der Waals surface area contributed by atoms with E-state index in [2.05, 4.69) is 25.0 Å². The van der Waals surface area contributed by atoms with Crippen LogP contribution in [0.5, 0.6) is 0 Å². The summed E-state index contributed by atoms with van der Waals surface area (Å²) in [6.07, 6.45) is -0.730. The number of nitrogens with zero attached hydrogens (tertiary/aromatic N) is 1. The number of nitrogens with one attached hydrogen (secondary N) is 1. The van der Waals surface area contributed by atoms with Crippen LogP contribution < -0.4 is 5.32 Å². The molecule has 18 heavy (non-hydrogen) atoms. The summed E-state index contributed by atoms with van der Waals surface area (Å²) in [5, 5.41) is 11.5. The van der Waals surface area contributed by atoms with Crippen molar-refractivity contribution in [1.82, 2.24) is 10.2 Å². The molecule has 1 rings (SSSR count). The van der Waals surface area contributed by atoms with Crippen molar-refractivity contribution < 1.29 is 19.4 Å². The lowest BCUT2D eigenvalue weighted by molar-refractivity contribution is 0.143. The van der Waals surface area contributed by atoms with Crippen LogP contribution in [0.25, 0.3) is 0 Å². The fourth-order valence-electron chi connectivity index (χ4n) is 1.71. The SMILES string of the molecule is C[Si](C)(C)CCOC(=O)NC1CCN(C(=O)O)C1. The van der Waals surface area contributed by atoms with Gasteiger partial charge in [-0.2, -0.15) is 0 Å². The number of ether oxygens (including phenoxy) is 1. The van der Waals surface area contributed by atoms with Crippen LogP contribution in [0.2, 0.25) is 25.7 Å². The van der Waals surface area contributed by atoms with E-state index in [1.807, 2.05) is 0 Å². The van der Waals surface area contributed by atoms with Gasteiger partial charge in [0.2, 0.25) is 0 Å². The van der Waals surface area contributed by atoms with Crippen LogP contribution >= 0.6 is 0 Å². The van der Waals surface area contributed by atoms with Gasteiger partial charge >= 0.3 is 12.2 Å². The Morgan fingerprint density at radius 1 is 1.44 bits per heavy atom. The van der Waals surface area contributed by atoms with Gasteiger partial charge in [0.25, 0.3) is 0 Å². The van der Waals surface area contributed by atoms with Crippen LogP contribution in [0, 0.1) is 0 Å². The molecule has 2 amide bonds. The van der Waals surface area contributed by atoms with Crippen molar-refractivity contribution in [1.29, 1.82) is 0 Å². The van der Waals surface area contributed by atoms with E-state index in [-0.39, 0.29) is 6.04 Å². The lowest BCUT2D eigenvalue weighted by Gasteiger charge is -2.17. The van der Waals surface area contributed by atoms with Crippen LogP contribution in [0.1, 0.15) is 6.42 Å². The van der Waals surface area contributed by atoms with Gasteiger partial charge < -0.3 is 20.1 Å². The third kappa shape index (κ3) is 5.39. The number of carboxylic acid groups (broad SMARTS) is 1. The van der Waals surface area contributed by atoms with E-state index in [9.17, 15) is 9.59 Å². The average Bonchev–Trinajstić information content (AvgIpc) is 2.64. The van der Waals surface area contributed by atoms with E-state index in [1.165, 1.54) is 4.90 Å². The summed E-state index contributed by atoms with van der Waals surface area (Å²) in [6, 6.07) is 0.812. The summed E-state index contributed by atoms with van der Waals surface area (Å²) in [6.45, 7) is 7.91. The summed E-state index contributed by atoms with van der Waals surface area (Å²) in [5.41, 5.74) is 0. The Bertz CT molecular complexity index is 317. The number of carbonyl (C=O) groups excluding carboxylic acids is 1. The lowest BCUT2D eigenvalue weighted by Crippen LogP contribution is -2.38. The van der Waals surface area contributed by atoms with Gasteiger partial charge in [-0.15, -0.1) is 0 Å². The molecule has 2 N–H and O–H groups in total. The van der Waals surface area contributed by atoms with Gasteiger partial charge in [-0.1, -0.05) is 19.6 Å². The van der Waals surface area contributed by atoms with Crippen molar-refractivity contribution in [3.05, 3.63) is 0 Å². The number of hydrogen-bond donors (Lipinski definition) is 2. The maximum atomic E-state index is 11.5. The second kappa shape index (κ2) is 6.08. The summed E-state index contributed by atoms with van der Waals surface area (Å²) in [7, 11) is -1.19. The molecular formula is C11H22N2O4Si. The third-order valence-electron chi connectivity index (χ3n) is 2.87. The third-order valence-corrected chi connectivity index (χ3v) is 4.57. The molecule has 1 unspecified atom stereocenters. The predicted octanol–water partition coefficient (Wildman–Crippen LogP) is 1.80. The summed E-state index contributed by atoms with van der Waals surface area (Å²) in [5.74, 6) is 0. The molecule has 0 aromatic carbocycles. The zero-order valence-electron chi connectivity index (χ0n) is 11.2. The van der Waals surface area contributed by atoms with Crippen LogP contribution in [0.4, 0.5) is 9.59 Å². The van der Waals surface area contributed by atoms with E-state index in [1.54, 1.807) is 0 Å². The van der Waals surface area contributed by atoms with Crippen molar-refractivity contribution in [3.8, 4) is 0 Å². The van der Waals surface area contributed by atoms with Gasteiger partial charge in [0, 0.05) is 21.2 Å². The Morgan fingerprint density at radius 3 is 2.61 bits per heavy atom. The molecule has 0 aromatic heterocycles. The molecule has 104 valence electrons. The minimum atomic E-state index is -1.19. The molecule has 6 nitrogen and oxygen atoms in total. The summed E-state index contributed by atoms with van der Waals surface area (Å²) >= 11 is 0. The molecule has 0 spiro atoms. The van der Waals surface area contributed by atoms with Crippen molar-refractivity contribution in [3.63, 3.8) is 0 Å². The summed E-state index contributed by atoms with van der Waals surface area (Å²) in [4.78, 5) is 23.5. The molecule has 1 aliphatic rings. The zero-order valence-corrected chi connectivity index (χ0v) is 12.2. The highest BCUT2D eigenvalue weighted by Gasteiger charge is 2.27. The van der Waals surface area contributed by atoms with Crippen molar-refractivity contribution in [2.24, 2.45) is 0 Å². The quantitative estimate of drug-likeness (QED) is 0.766. The normalized spacial score (nSPS) is 19.7. The van der Waals surface area contributed by atoms with E-state index >= 15 is 0 Å². The first-order valence-electron chi connectivity index (χ1n) is 6.19. The molecule has 0 bridgehead atoms. The monoisotopic (exact) mass is 274 g/mol. The Balaban J connectivity index is 2.20. The Labute approximate surface area is 108 Å². The first kappa shape index (κ1) is 14.8. The Hall–Kier alpha value is -1.24. The van der Waals surface area contributed by atoms with Crippen LogP contribution in [0.3, 0.4) is 0 Å². The molecule has 1 aliphatic heterocycles. The molecular weight excluding hydrogens is 252 g/mol. The molecule has 1 heterocycles. The summed E-state index contributed by atoms with van der Waals surface area (Å²) < 4.78 is 5.09. The first-order valence-corrected chi connectivity index (χ1v) is 9.90. The van der Waals surface area contributed by atoms with Crippen LogP contribution in [0.15, 0.2) is 0 Å². The van der Waals surface area contributed by atoms with Crippen LogP contribution in [-0.4, -0.2) is 56.0 Å². The number of alkyl carbamates (subject to hydrolysis) is 1. The number of rotatable bonds is 4. The van der Waals surface area contributed by atoms with Gasteiger partial charge in [-0.25, -0.2) is 9.59 Å². The Morgan fingerprint density at radius 2 is 2.11 bits per heavy atom. The fraction of sp³-hybridized carbons (Fsp3) is 0.818. The van der Waals surface area contributed by atoms with Gasteiger partial charge in [-0.05, 0) is 12.5 Å². The second-order valence-electron chi connectivity index (χ2n) is 5.81. The van der Waals surface area contributed by atoms with Gasteiger partial charge in [0.15, 0.2) is 0 Å². The van der Waals surface area contributed by atoms with E-state index < -0.39 is 20.3 Å². The first-order chi connectivity index (χ1) is 8.28. The highest BCUT2D eigenvalue weighted by atomic mass is 28.3. The molecule has 1 atom stereocenters. The predicted molar refractivity (Wildman–Crippen MR) is 70.6 cm³/mol. The number of carbonyl (C=O) groups is 2. The minimum absolute atomic E-state index is 0.125. The molecule has 1 saturated heterocycles. The van der Waals surface area contributed by atoms with Crippen molar-refractivity contribution >= 4 is 20.3 Å². The molecule has 0 radical (unpaired) electrons. The molecule has 0 aromatic rings. The number of hydrogen-bond acceptors (Lipinski definition) is 3. The second-order valence-corrected chi connectivity index (χ2v) is 11.4. The highest BCUT2D eigenvalue weighted by molar-refractivity contribution is 6.76. The smallest absolute Gasteiger partial charge is 0.407 e. The van der Waals surface area contributed by atoms with Crippen molar-refractivity contribution in [2.75, 3.05) is 19.7 Å². The average molecular weight is 274 g/mol. The van der Waals surface area contributed by atoms with Gasteiger partial charge in [0.1, 0.15) is 0 Å². The topological polar surface area (TPSA) is 78.9 Å². The Kier molecular flexibility index (Phi) is 5.00. The minimum Gasteiger partial charge on any atom is -0.465 e. The van der Waals surface area contributed by atoms with Gasteiger partial charge in [-0.3, -0.25) is 0 Å². The van der Waals surface area contributed by atoms with E-state index in [4.69, 9.17) is 9.84 Å². The van der Waals surface area contributed by atoms with Gasteiger partial charge in [0.05, 0.1) is 12.6 Å².